The number of nitrogens with zero attached hydrogens (tertiary/aromatic N) is 3. The quantitative estimate of drug-likeness (QED) is 0.715. The van der Waals surface area contributed by atoms with Gasteiger partial charge >= 0.3 is 6.36 Å². The fourth-order valence-electron chi connectivity index (χ4n) is 2.68. The summed E-state index contributed by atoms with van der Waals surface area (Å²) in [7, 11) is 0. The summed E-state index contributed by atoms with van der Waals surface area (Å²) in [4.78, 5) is 18.8. The fourth-order valence-corrected chi connectivity index (χ4v) is 2.68. The van der Waals surface area contributed by atoms with E-state index in [0.29, 0.717) is 11.4 Å². The molecular weight excluding hydrogens is 356 g/mol. The Balaban J connectivity index is 2.02. The third-order valence-corrected chi connectivity index (χ3v) is 3.84. The lowest BCUT2D eigenvalue weighted by molar-refractivity contribution is -0.274. The van der Waals surface area contributed by atoms with Crippen LogP contribution in [0.5, 0.6) is 5.75 Å². The number of hydrogen-bond acceptors (Lipinski definition) is 4. The van der Waals surface area contributed by atoms with E-state index in [1.54, 1.807) is 13.8 Å². The van der Waals surface area contributed by atoms with E-state index in [0.717, 1.165) is 0 Å². The molecule has 3 rings (SSSR count). The first-order valence-electron chi connectivity index (χ1n) is 7.59. The molecule has 2 aromatic heterocycles. The summed E-state index contributed by atoms with van der Waals surface area (Å²) in [6.45, 7) is 2.36. The summed E-state index contributed by atoms with van der Waals surface area (Å²) in [6.07, 6.45) is -4.77. The van der Waals surface area contributed by atoms with E-state index >= 15 is 0 Å². The highest BCUT2D eigenvalue weighted by Crippen LogP contribution is 2.27. The van der Waals surface area contributed by atoms with Crippen LogP contribution in [0, 0.1) is 6.92 Å². The smallest absolute Gasteiger partial charge is 0.406 e. The molecule has 1 N–H and O–H groups in total. The lowest BCUT2D eigenvalue weighted by Gasteiger charge is -2.15. The number of rotatable bonds is 4. The number of benzene rings is 1. The zero-order valence-corrected chi connectivity index (χ0v) is 13.8. The van der Waals surface area contributed by atoms with Crippen molar-refractivity contribution in [1.29, 1.82) is 0 Å². The van der Waals surface area contributed by atoms with Crippen LogP contribution < -0.4 is 10.3 Å². The van der Waals surface area contributed by atoms with Crippen molar-refractivity contribution in [2.24, 2.45) is 0 Å². The fraction of sp³-hybridized carbons (Fsp3) is 0.312. The third kappa shape index (κ3) is 3.39. The Morgan fingerprint density at radius 1 is 1.27 bits per heavy atom. The van der Waals surface area contributed by atoms with Crippen LogP contribution in [0.4, 0.5) is 17.6 Å². The van der Waals surface area contributed by atoms with Crippen molar-refractivity contribution in [3.05, 3.63) is 51.7 Å². The van der Waals surface area contributed by atoms with Crippen molar-refractivity contribution in [2.75, 3.05) is 0 Å². The molecule has 26 heavy (non-hydrogen) atoms. The molecule has 0 spiro atoms. The number of aromatic amines is 1. The number of ether oxygens (including phenoxy) is 1. The van der Waals surface area contributed by atoms with Gasteiger partial charge in [0.25, 0.3) is 5.56 Å². The van der Waals surface area contributed by atoms with Crippen molar-refractivity contribution in [3.8, 4) is 5.75 Å². The molecule has 0 saturated carbocycles. The van der Waals surface area contributed by atoms with Gasteiger partial charge in [-0.3, -0.25) is 4.79 Å². The molecule has 138 valence electrons. The summed E-state index contributed by atoms with van der Waals surface area (Å²) < 4.78 is 55.2. The molecular formula is C16H14F4N4O2. The van der Waals surface area contributed by atoms with Crippen LogP contribution in [0.3, 0.4) is 0 Å². The van der Waals surface area contributed by atoms with E-state index in [2.05, 4.69) is 19.8 Å². The zero-order chi connectivity index (χ0) is 19.1. The van der Waals surface area contributed by atoms with Crippen LogP contribution in [0.15, 0.2) is 29.1 Å². The first-order chi connectivity index (χ1) is 12.2. The van der Waals surface area contributed by atoms with Crippen molar-refractivity contribution in [2.45, 2.75) is 32.9 Å². The molecule has 0 aliphatic heterocycles. The van der Waals surface area contributed by atoms with Crippen LogP contribution >= 0.6 is 0 Å². The highest BCUT2D eigenvalue weighted by molar-refractivity contribution is 5.77. The van der Waals surface area contributed by atoms with Crippen LogP contribution in [0.25, 0.3) is 11.0 Å². The highest BCUT2D eigenvalue weighted by atomic mass is 19.4. The molecule has 0 saturated heterocycles. The van der Waals surface area contributed by atoms with Crippen molar-refractivity contribution >= 4 is 11.0 Å². The van der Waals surface area contributed by atoms with Gasteiger partial charge in [0.2, 0.25) is 0 Å². The molecule has 1 atom stereocenters. The molecule has 2 heterocycles. The summed E-state index contributed by atoms with van der Waals surface area (Å²) in [6, 6.07) is 4.73. The van der Waals surface area contributed by atoms with Gasteiger partial charge in [-0.2, -0.15) is 5.10 Å². The topological polar surface area (TPSA) is 72.8 Å². The summed E-state index contributed by atoms with van der Waals surface area (Å²) in [5, 5.41) is 4.17. The number of alkyl halides is 4. The number of hydrogen-bond donors (Lipinski definition) is 1. The molecule has 0 bridgehead atoms. The normalized spacial score (nSPS) is 13.2. The second-order valence-corrected chi connectivity index (χ2v) is 5.67. The van der Waals surface area contributed by atoms with E-state index in [4.69, 9.17) is 0 Å². The van der Waals surface area contributed by atoms with E-state index in [1.807, 2.05) is 0 Å². The van der Waals surface area contributed by atoms with Crippen LogP contribution in [0.2, 0.25) is 0 Å². The second kappa shape index (κ2) is 6.43. The monoisotopic (exact) mass is 370 g/mol. The Labute approximate surface area is 144 Å². The lowest BCUT2D eigenvalue weighted by atomic mass is 10.1. The predicted molar refractivity (Wildman–Crippen MR) is 84.6 cm³/mol. The van der Waals surface area contributed by atoms with Gasteiger partial charge in [0, 0.05) is 0 Å². The molecule has 0 aliphatic carbocycles. The minimum absolute atomic E-state index is 0.0439. The molecule has 6 nitrogen and oxygen atoms in total. The van der Waals surface area contributed by atoms with Crippen LogP contribution in [0.1, 0.15) is 30.0 Å². The van der Waals surface area contributed by atoms with Gasteiger partial charge in [0.15, 0.2) is 5.65 Å². The third-order valence-electron chi connectivity index (χ3n) is 3.84. The Kier molecular flexibility index (Phi) is 4.43. The summed E-state index contributed by atoms with van der Waals surface area (Å²) >= 11 is 0. The van der Waals surface area contributed by atoms with Crippen molar-refractivity contribution < 1.29 is 22.3 Å². The Morgan fingerprint density at radius 2 is 1.92 bits per heavy atom. The van der Waals surface area contributed by atoms with E-state index in [-0.39, 0.29) is 22.5 Å². The van der Waals surface area contributed by atoms with E-state index < -0.39 is 24.6 Å². The summed E-state index contributed by atoms with van der Waals surface area (Å²) in [5.74, 6) is -0.0104. The Morgan fingerprint density at radius 3 is 2.50 bits per heavy atom. The lowest BCUT2D eigenvalue weighted by Crippen LogP contribution is -2.17. The number of nitrogens with one attached hydrogen (secondary N) is 1. The second-order valence-electron chi connectivity index (χ2n) is 5.67. The van der Waals surface area contributed by atoms with Crippen molar-refractivity contribution in [1.82, 2.24) is 19.7 Å². The predicted octanol–water partition coefficient (Wildman–Crippen LogP) is 3.41. The maximum atomic E-state index is 13.2. The average Bonchev–Trinajstić information content (AvgIpc) is 2.92. The number of H-pyrrole nitrogens is 1. The Bertz CT molecular complexity index is 992. The first kappa shape index (κ1) is 17.9. The van der Waals surface area contributed by atoms with Gasteiger partial charge < -0.3 is 9.72 Å². The molecule has 1 unspecified atom stereocenters. The summed E-state index contributed by atoms with van der Waals surface area (Å²) in [5.41, 5.74) is 0.265. The first-order valence-corrected chi connectivity index (χ1v) is 7.59. The molecule has 3 aromatic rings. The molecule has 1 aromatic carbocycles. The molecule has 0 fully saturated rings. The van der Waals surface area contributed by atoms with Gasteiger partial charge in [-0.25, -0.2) is 14.1 Å². The van der Waals surface area contributed by atoms with E-state index in [9.17, 15) is 22.4 Å². The number of aromatic nitrogens is 4. The van der Waals surface area contributed by atoms with Gasteiger partial charge in [0.05, 0.1) is 6.04 Å². The average molecular weight is 370 g/mol. The number of halogens is 4. The van der Waals surface area contributed by atoms with Crippen molar-refractivity contribution in [3.63, 3.8) is 0 Å². The highest BCUT2D eigenvalue weighted by Gasteiger charge is 2.31. The number of fused-ring (bicyclic) bond motifs is 1. The van der Waals surface area contributed by atoms with Gasteiger partial charge in [-0.1, -0.05) is 12.1 Å². The minimum Gasteiger partial charge on any atom is -0.406 e. The minimum atomic E-state index is -4.77. The molecule has 0 radical (unpaired) electrons. The molecule has 0 aliphatic rings. The van der Waals surface area contributed by atoms with Crippen LogP contribution in [-0.2, 0) is 6.67 Å². The standard InChI is InChI=1S/C16H14F4N4O2/c1-8(10-3-5-11(6-4-10)26-16(18,19)20)24-14-13(12(7-17)23-24)15(25)22-9(2)21-14/h3-6,8H,7H2,1-2H3,(H,21,22,25). The van der Waals surface area contributed by atoms with Gasteiger partial charge in [-0.15, -0.1) is 13.2 Å². The SMILES string of the molecule is Cc1nc2c(c(CF)nn2C(C)c2ccc(OC(F)(F)F)cc2)c(=O)[nH]1. The zero-order valence-electron chi connectivity index (χ0n) is 13.8. The maximum Gasteiger partial charge on any atom is 0.573 e. The van der Waals surface area contributed by atoms with Gasteiger partial charge in [-0.05, 0) is 31.5 Å². The maximum absolute atomic E-state index is 13.2. The van der Waals surface area contributed by atoms with Crippen LogP contribution in [-0.4, -0.2) is 26.1 Å². The molecule has 0 amide bonds. The largest absolute Gasteiger partial charge is 0.573 e. The molecule has 10 heteroatoms. The van der Waals surface area contributed by atoms with E-state index in [1.165, 1.54) is 28.9 Å². The number of aryl methyl sites for hydroxylation is 1. The Hall–Kier alpha value is -2.91. The van der Waals surface area contributed by atoms with Gasteiger partial charge in [0.1, 0.15) is 29.3 Å².